The molecule has 3 heterocycles. The van der Waals surface area contributed by atoms with Crippen molar-refractivity contribution in [2.24, 2.45) is 5.92 Å². The van der Waals surface area contributed by atoms with Crippen LogP contribution in [0.25, 0.3) is 0 Å². The Balaban J connectivity index is 1.40. The lowest BCUT2D eigenvalue weighted by Gasteiger charge is -2.46. The first-order valence-corrected chi connectivity index (χ1v) is 21.9. The quantitative estimate of drug-likeness (QED) is 0.0529. The van der Waals surface area contributed by atoms with Gasteiger partial charge in [0.1, 0.15) is 36.5 Å². The first-order chi connectivity index (χ1) is 32.2. The molecule has 66 heavy (non-hydrogen) atoms. The maximum Gasteiger partial charge on any atom is 0.421 e. The van der Waals surface area contributed by atoms with Crippen molar-refractivity contribution in [3.8, 4) is 17.6 Å². The van der Waals surface area contributed by atoms with Crippen molar-refractivity contribution in [1.82, 2.24) is 15.1 Å². The SMILES string of the molecule is C=CCNC(=O)[C@H]1[C@@H]2C(=O)O[C@@H](c3ccccc3)[C@@H](c3ccccc3)N2[C@@H](c2cccc(OCCO)c2)[C@]12C(=O)N(C(=O)OCCOC)c1ccc(C#CCN(C)Cc3ccccc3)cc12. The van der Waals surface area contributed by atoms with Crippen LogP contribution in [0.3, 0.4) is 0 Å². The van der Waals surface area contributed by atoms with Crippen LogP contribution in [0.4, 0.5) is 10.5 Å². The van der Waals surface area contributed by atoms with Crippen molar-refractivity contribution >= 4 is 29.6 Å². The van der Waals surface area contributed by atoms with Gasteiger partial charge in [-0.2, -0.15) is 0 Å². The number of carbonyl (C=O) groups excluding carboxylic acids is 4. The number of cyclic esters (lactones) is 1. The normalized spacial score (nSPS) is 21.9. The molecule has 3 amide bonds. The number of methoxy groups -OCH3 is 1. The molecule has 0 unspecified atom stereocenters. The summed E-state index contributed by atoms with van der Waals surface area (Å²) in [5.41, 5.74) is 2.07. The van der Waals surface area contributed by atoms with Crippen LogP contribution in [-0.4, -0.2) is 98.5 Å². The molecule has 6 atom stereocenters. The van der Waals surface area contributed by atoms with Crippen molar-refractivity contribution < 1.29 is 43.2 Å². The first kappa shape index (κ1) is 45.5. The van der Waals surface area contributed by atoms with Crippen molar-refractivity contribution in [3.05, 3.63) is 179 Å². The molecule has 3 aliphatic heterocycles. The molecule has 8 rings (SSSR count). The molecule has 0 aromatic heterocycles. The summed E-state index contributed by atoms with van der Waals surface area (Å²) in [4.78, 5) is 66.1. The summed E-state index contributed by atoms with van der Waals surface area (Å²) in [5, 5.41) is 12.7. The fraction of sp³-hybridized carbons (Fsp3) is 0.283. The number of anilines is 1. The maximum atomic E-state index is 16.2. The predicted octanol–water partition coefficient (Wildman–Crippen LogP) is 6.29. The number of fused-ring (bicyclic) bond motifs is 3. The van der Waals surface area contributed by atoms with Gasteiger partial charge in [0.05, 0.1) is 43.4 Å². The molecule has 13 nitrogen and oxygen atoms in total. The van der Waals surface area contributed by atoms with Gasteiger partial charge in [-0.3, -0.25) is 24.2 Å². The smallest absolute Gasteiger partial charge is 0.421 e. The summed E-state index contributed by atoms with van der Waals surface area (Å²) >= 11 is 0. The van der Waals surface area contributed by atoms with Gasteiger partial charge >= 0.3 is 12.1 Å². The largest absolute Gasteiger partial charge is 0.491 e. The van der Waals surface area contributed by atoms with E-state index >= 15 is 14.4 Å². The molecule has 5 aromatic carbocycles. The molecule has 0 aliphatic carbocycles. The molecule has 2 saturated heterocycles. The van der Waals surface area contributed by atoms with E-state index in [1.54, 1.807) is 36.4 Å². The number of imide groups is 1. The molecule has 2 fully saturated rings. The Morgan fingerprint density at radius 1 is 0.864 bits per heavy atom. The van der Waals surface area contributed by atoms with Crippen molar-refractivity contribution in [1.29, 1.82) is 0 Å². The Hall–Kier alpha value is -7.08. The summed E-state index contributed by atoms with van der Waals surface area (Å²) in [5.74, 6) is 3.31. The highest BCUT2D eigenvalue weighted by Crippen LogP contribution is 2.66. The Bertz CT molecular complexity index is 2620. The minimum atomic E-state index is -2.01. The van der Waals surface area contributed by atoms with Crippen LogP contribution in [0.2, 0.25) is 0 Å². The van der Waals surface area contributed by atoms with E-state index in [2.05, 4.69) is 40.8 Å². The van der Waals surface area contributed by atoms with E-state index in [-0.39, 0.29) is 38.7 Å². The lowest BCUT2D eigenvalue weighted by molar-refractivity contribution is -0.178. The van der Waals surface area contributed by atoms with Crippen molar-refractivity contribution in [3.63, 3.8) is 0 Å². The summed E-state index contributed by atoms with van der Waals surface area (Å²) in [6, 6.07) is 37.8. The molecule has 0 saturated carbocycles. The van der Waals surface area contributed by atoms with Gasteiger partial charge in [0, 0.05) is 25.8 Å². The zero-order chi connectivity index (χ0) is 46.2. The van der Waals surface area contributed by atoms with E-state index in [1.807, 2.05) is 96.9 Å². The number of aliphatic hydroxyl groups is 1. The maximum absolute atomic E-state index is 16.2. The molecule has 13 heteroatoms. The zero-order valence-electron chi connectivity index (χ0n) is 36.9. The highest BCUT2D eigenvalue weighted by molar-refractivity contribution is 6.23. The number of hydrogen-bond acceptors (Lipinski definition) is 11. The van der Waals surface area contributed by atoms with Gasteiger partial charge in [-0.25, -0.2) is 9.69 Å². The zero-order valence-corrected chi connectivity index (χ0v) is 36.9. The topological polar surface area (TPSA) is 147 Å². The third kappa shape index (κ3) is 8.71. The van der Waals surface area contributed by atoms with Gasteiger partial charge in [-0.1, -0.05) is 121 Å². The Morgan fingerprint density at radius 2 is 1.56 bits per heavy atom. The lowest BCUT2D eigenvalue weighted by Crippen LogP contribution is -2.55. The van der Waals surface area contributed by atoms with Crippen LogP contribution in [0, 0.1) is 17.8 Å². The Kier molecular flexibility index (Phi) is 14.1. The number of rotatable bonds is 15. The molecular formula is C53H52N4O9. The van der Waals surface area contributed by atoms with Gasteiger partial charge in [-0.15, -0.1) is 6.58 Å². The van der Waals surface area contributed by atoms with E-state index < -0.39 is 59.4 Å². The lowest BCUT2D eigenvalue weighted by atomic mass is 9.65. The fourth-order valence-electron chi connectivity index (χ4n) is 9.69. The van der Waals surface area contributed by atoms with Gasteiger partial charge in [0.2, 0.25) is 11.8 Å². The highest BCUT2D eigenvalue weighted by Gasteiger charge is 2.75. The second-order valence-corrected chi connectivity index (χ2v) is 16.4. The molecule has 338 valence electrons. The summed E-state index contributed by atoms with van der Waals surface area (Å²) in [6.45, 7) is 4.55. The monoisotopic (exact) mass is 888 g/mol. The van der Waals surface area contributed by atoms with E-state index in [0.29, 0.717) is 41.1 Å². The van der Waals surface area contributed by atoms with Crippen LogP contribution in [-0.2, 0) is 40.6 Å². The average Bonchev–Trinajstić information content (AvgIpc) is 3.80. The van der Waals surface area contributed by atoms with Gasteiger partial charge < -0.3 is 29.4 Å². The third-order valence-corrected chi connectivity index (χ3v) is 12.3. The van der Waals surface area contributed by atoms with Crippen LogP contribution >= 0.6 is 0 Å². The average molecular weight is 889 g/mol. The predicted molar refractivity (Wildman–Crippen MR) is 247 cm³/mol. The van der Waals surface area contributed by atoms with E-state index in [4.69, 9.17) is 18.9 Å². The number of nitrogens with zero attached hydrogens (tertiary/aromatic N) is 3. The number of benzene rings is 5. The van der Waals surface area contributed by atoms with E-state index in [0.717, 1.165) is 16.0 Å². The standard InChI is InChI=1S/C53H52N4O9/c1-4-27-54-49(59)44-46-50(60)66-47(39-21-12-7-13-22-39)45(38-19-10-6-11-20-38)57(46)48(40-23-14-24-41(34-40)64-30-29-58)53(44)42-33-36(18-15-28-55(2)35-37-16-8-5-9-17-37)25-26-43(42)56(51(53)61)52(62)65-32-31-63-3/h4-14,16-17,19-26,33-34,44-48,58H,1,27-32,35H2,2-3H3,(H,54,59)/t44-,45-,46-,47+,48+,53-/m1/s1. The number of ether oxygens (including phenoxy) is 4. The number of esters is 1. The molecule has 5 aromatic rings. The Morgan fingerprint density at radius 3 is 2.26 bits per heavy atom. The minimum absolute atomic E-state index is 0.0152. The summed E-state index contributed by atoms with van der Waals surface area (Å²) in [6.07, 6.45) is -0.368. The molecule has 3 aliphatic rings. The number of morpholine rings is 1. The van der Waals surface area contributed by atoms with E-state index in [9.17, 15) is 9.90 Å². The van der Waals surface area contributed by atoms with Gasteiger partial charge in [0.15, 0.2) is 0 Å². The van der Waals surface area contributed by atoms with Gasteiger partial charge in [-0.05, 0) is 65.2 Å². The van der Waals surface area contributed by atoms with E-state index in [1.165, 1.54) is 13.2 Å². The number of aliphatic hydroxyl groups excluding tert-OH is 1. The number of amides is 3. The summed E-state index contributed by atoms with van der Waals surface area (Å²) in [7, 11) is 3.44. The highest BCUT2D eigenvalue weighted by atomic mass is 16.6. The number of nitrogens with one attached hydrogen (secondary N) is 1. The van der Waals surface area contributed by atoms with Crippen LogP contribution < -0.4 is 15.0 Å². The number of hydrogen-bond donors (Lipinski definition) is 2. The third-order valence-electron chi connectivity index (χ3n) is 12.3. The van der Waals surface area contributed by atoms with Gasteiger partial charge in [0.25, 0.3) is 0 Å². The van der Waals surface area contributed by atoms with Crippen molar-refractivity contribution in [2.45, 2.75) is 36.2 Å². The molecule has 0 radical (unpaired) electrons. The molecule has 2 N–H and O–H groups in total. The molecule has 0 bridgehead atoms. The van der Waals surface area contributed by atoms with Crippen molar-refractivity contribution in [2.75, 3.05) is 58.6 Å². The Labute approximate surface area is 384 Å². The minimum Gasteiger partial charge on any atom is -0.491 e. The molecule has 1 spiro atoms. The second-order valence-electron chi connectivity index (χ2n) is 16.4. The summed E-state index contributed by atoms with van der Waals surface area (Å²) < 4.78 is 23.3. The number of carbonyl (C=O) groups is 4. The van der Waals surface area contributed by atoms with Crippen LogP contribution in [0.1, 0.15) is 51.6 Å². The van der Waals surface area contributed by atoms with Crippen LogP contribution in [0.15, 0.2) is 146 Å². The fourth-order valence-corrected chi connectivity index (χ4v) is 9.69. The molecular weight excluding hydrogens is 837 g/mol. The second kappa shape index (κ2) is 20.4. The first-order valence-electron chi connectivity index (χ1n) is 21.9. The van der Waals surface area contributed by atoms with Crippen LogP contribution in [0.5, 0.6) is 5.75 Å².